The van der Waals surface area contributed by atoms with Crippen LogP contribution in [0, 0.1) is 19.3 Å². The molecule has 0 aromatic carbocycles. The van der Waals surface area contributed by atoms with Gasteiger partial charge in [-0.25, -0.2) is 9.97 Å². The maximum absolute atomic E-state index is 5.81. The van der Waals surface area contributed by atoms with Crippen LogP contribution < -0.4 is 5.73 Å². The van der Waals surface area contributed by atoms with E-state index in [1.807, 2.05) is 6.92 Å². The molecule has 0 aliphatic rings. The second kappa shape index (κ2) is 4.58. The van der Waals surface area contributed by atoms with Crippen LogP contribution in [-0.4, -0.2) is 9.97 Å². The lowest BCUT2D eigenvalue weighted by Crippen LogP contribution is -2.13. The van der Waals surface area contributed by atoms with Crippen molar-refractivity contribution in [2.75, 3.05) is 0 Å². The summed E-state index contributed by atoms with van der Waals surface area (Å²) in [6.45, 7) is 1.94. The van der Waals surface area contributed by atoms with Crippen molar-refractivity contribution in [2.45, 2.75) is 25.8 Å². The van der Waals surface area contributed by atoms with Crippen LogP contribution >= 0.6 is 0 Å². The Morgan fingerprint density at radius 3 is 2.69 bits per heavy atom. The first-order chi connectivity index (χ1) is 6.24. The molecule has 1 atom stereocenters. The molecule has 1 aromatic heterocycles. The number of aryl methyl sites for hydroxylation is 1. The quantitative estimate of drug-likeness (QED) is 0.702. The van der Waals surface area contributed by atoms with Crippen LogP contribution in [0.4, 0.5) is 0 Å². The summed E-state index contributed by atoms with van der Waals surface area (Å²) in [5.41, 5.74) is 6.85. The molecule has 0 spiro atoms. The van der Waals surface area contributed by atoms with Gasteiger partial charge in [0.05, 0.1) is 6.04 Å². The zero-order valence-corrected chi connectivity index (χ0v) is 7.70. The van der Waals surface area contributed by atoms with Gasteiger partial charge in [0.2, 0.25) is 0 Å². The first-order valence-corrected chi connectivity index (χ1v) is 4.21. The van der Waals surface area contributed by atoms with E-state index in [-0.39, 0.29) is 6.04 Å². The fourth-order valence-electron chi connectivity index (χ4n) is 0.962. The van der Waals surface area contributed by atoms with Crippen molar-refractivity contribution >= 4 is 0 Å². The molecule has 3 nitrogen and oxygen atoms in total. The van der Waals surface area contributed by atoms with Crippen LogP contribution in [0.2, 0.25) is 0 Å². The number of aromatic nitrogens is 2. The Morgan fingerprint density at radius 1 is 1.54 bits per heavy atom. The van der Waals surface area contributed by atoms with Gasteiger partial charge in [-0.15, -0.1) is 12.3 Å². The monoisotopic (exact) mass is 175 g/mol. The molecule has 2 N–H and O–H groups in total. The van der Waals surface area contributed by atoms with E-state index in [9.17, 15) is 0 Å². The summed E-state index contributed by atoms with van der Waals surface area (Å²) >= 11 is 0. The Labute approximate surface area is 78.4 Å². The van der Waals surface area contributed by atoms with Crippen LogP contribution in [0.25, 0.3) is 0 Å². The third kappa shape index (κ3) is 2.85. The highest BCUT2D eigenvalue weighted by molar-refractivity contribution is 5.04. The van der Waals surface area contributed by atoms with E-state index in [1.54, 1.807) is 12.4 Å². The Kier molecular flexibility index (Phi) is 3.41. The van der Waals surface area contributed by atoms with Crippen molar-refractivity contribution in [1.29, 1.82) is 0 Å². The molecule has 0 amide bonds. The van der Waals surface area contributed by atoms with Gasteiger partial charge >= 0.3 is 0 Å². The summed E-state index contributed by atoms with van der Waals surface area (Å²) in [6, 6.07) is -0.142. The van der Waals surface area contributed by atoms with Crippen LogP contribution in [0.15, 0.2) is 12.4 Å². The molecular weight excluding hydrogens is 162 g/mol. The molecule has 0 radical (unpaired) electrons. The SMILES string of the molecule is C#CCCC(N)c1ncc(C)cn1. The average molecular weight is 175 g/mol. The lowest BCUT2D eigenvalue weighted by molar-refractivity contribution is 0.623. The maximum atomic E-state index is 5.81. The van der Waals surface area contributed by atoms with Crippen molar-refractivity contribution < 1.29 is 0 Å². The van der Waals surface area contributed by atoms with Gasteiger partial charge in [-0.2, -0.15) is 0 Å². The molecule has 1 rings (SSSR count). The summed E-state index contributed by atoms with van der Waals surface area (Å²) < 4.78 is 0. The fourth-order valence-corrected chi connectivity index (χ4v) is 0.962. The zero-order valence-electron chi connectivity index (χ0n) is 7.70. The highest BCUT2D eigenvalue weighted by Gasteiger charge is 2.06. The molecule has 0 bridgehead atoms. The van der Waals surface area contributed by atoms with E-state index in [4.69, 9.17) is 12.2 Å². The minimum atomic E-state index is -0.142. The lowest BCUT2D eigenvalue weighted by Gasteiger charge is -2.07. The average Bonchev–Trinajstić information content (AvgIpc) is 2.15. The largest absolute Gasteiger partial charge is 0.321 e. The van der Waals surface area contributed by atoms with E-state index in [0.717, 1.165) is 12.0 Å². The predicted molar refractivity (Wildman–Crippen MR) is 51.8 cm³/mol. The van der Waals surface area contributed by atoms with Gasteiger partial charge in [0, 0.05) is 18.8 Å². The topological polar surface area (TPSA) is 51.8 Å². The highest BCUT2D eigenvalue weighted by atomic mass is 14.9. The molecule has 13 heavy (non-hydrogen) atoms. The lowest BCUT2D eigenvalue weighted by atomic mass is 10.1. The highest BCUT2D eigenvalue weighted by Crippen LogP contribution is 2.09. The van der Waals surface area contributed by atoms with E-state index >= 15 is 0 Å². The molecule has 0 saturated heterocycles. The second-order valence-electron chi connectivity index (χ2n) is 2.97. The Balaban J connectivity index is 2.62. The van der Waals surface area contributed by atoms with Gasteiger partial charge in [-0.1, -0.05) is 0 Å². The molecular formula is C10H13N3. The number of hydrogen-bond donors (Lipinski definition) is 1. The van der Waals surface area contributed by atoms with Crippen LogP contribution in [0.5, 0.6) is 0 Å². The first-order valence-electron chi connectivity index (χ1n) is 4.21. The van der Waals surface area contributed by atoms with Gasteiger partial charge in [-0.3, -0.25) is 0 Å². The van der Waals surface area contributed by atoms with Crippen molar-refractivity contribution in [3.8, 4) is 12.3 Å². The smallest absolute Gasteiger partial charge is 0.144 e. The summed E-state index contributed by atoms with van der Waals surface area (Å²) in [7, 11) is 0. The first kappa shape index (κ1) is 9.69. The second-order valence-corrected chi connectivity index (χ2v) is 2.97. The molecule has 1 heterocycles. The molecule has 3 heteroatoms. The van der Waals surface area contributed by atoms with Gasteiger partial charge in [-0.05, 0) is 18.9 Å². The number of nitrogens with zero attached hydrogens (tertiary/aromatic N) is 2. The third-order valence-corrected chi connectivity index (χ3v) is 1.73. The van der Waals surface area contributed by atoms with Crippen molar-refractivity contribution in [3.63, 3.8) is 0 Å². The van der Waals surface area contributed by atoms with E-state index in [2.05, 4.69) is 15.9 Å². The normalized spacial score (nSPS) is 12.1. The molecule has 1 unspecified atom stereocenters. The minimum Gasteiger partial charge on any atom is -0.321 e. The summed E-state index contributed by atoms with van der Waals surface area (Å²) in [4.78, 5) is 8.25. The van der Waals surface area contributed by atoms with Crippen LogP contribution in [0.3, 0.4) is 0 Å². The Hall–Kier alpha value is -1.40. The predicted octanol–water partition coefficient (Wildman–Crippen LogP) is 1.20. The molecule has 0 aliphatic carbocycles. The van der Waals surface area contributed by atoms with Gasteiger partial charge in [0.1, 0.15) is 5.82 Å². The maximum Gasteiger partial charge on any atom is 0.144 e. The van der Waals surface area contributed by atoms with Gasteiger partial charge in [0.25, 0.3) is 0 Å². The Bertz CT molecular complexity index is 297. The molecule has 0 saturated carbocycles. The van der Waals surface area contributed by atoms with E-state index in [1.165, 1.54) is 0 Å². The molecule has 68 valence electrons. The fraction of sp³-hybridized carbons (Fsp3) is 0.400. The van der Waals surface area contributed by atoms with Crippen LogP contribution in [0.1, 0.15) is 30.3 Å². The van der Waals surface area contributed by atoms with Crippen molar-refractivity contribution in [1.82, 2.24) is 9.97 Å². The summed E-state index contributed by atoms with van der Waals surface area (Å²) in [5.74, 6) is 3.21. The minimum absolute atomic E-state index is 0.142. The summed E-state index contributed by atoms with van der Waals surface area (Å²) in [6.07, 6.45) is 10.1. The van der Waals surface area contributed by atoms with E-state index in [0.29, 0.717) is 12.2 Å². The number of nitrogens with two attached hydrogens (primary N) is 1. The number of hydrogen-bond acceptors (Lipinski definition) is 3. The zero-order chi connectivity index (χ0) is 9.68. The summed E-state index contributed by atoms with van der Waals surface area (Å²) in [5, 5.41) is 0. The molecule has 0 fully saturated rings. The van der Waals surface area contributed by atoms with Gasteiger partial charge < -0.3 is 5.73 Å². The standard InChI is InChI=1S/C10H13N3/c1-3-4-5-9(11)10-12-6-8(2)7-13-10/h1,6-7,9H,4-5,11H2,2H3. The molecule has 0 aliphatic heterocycles. The molecule has 1 aromatic rings. The van der Waals surface area contributed by atoms with Crippen LogP contribution in [-0.2, 0) is 0 Å². The number of rotatable bonds is 3. The van der Waals surface area contributed by atoms with Crippen molar-refractivity contribution in [3.05, 3.63) is 23.8 Å². The third-order valence-electron chi connectivity index (χ3n) is 1.73. The van der Waals surface area contributed by atoms with Crippen molar-refractivity contribution in [2.24, 2.45) is 5.73 Å². The number of terminal acetylenes is 1. The van der Waals surface area contributed by atoms with Gasteiger partial charge in [0.15, 0.2) is 0 Å². The Morgan fingerprint density at radius 2 is 2.15 bits per heavy atom. The van der Waals surface area contributed by atoms with E-state index < -0.39 is 0 Å².